The molecule has 0 saturated carbocycles. The summed E-state index contributed by atoms with van der Waals surface area (Å²) in [6, 6.07) is 8.49. The van der Waals surface area contributed by atoms with Gasteiger partial charge < -0.3 is 0 Å². The zero-order chi connectivity index (χ0) is 18.3. The smallest absolute Gasteiger partial charge is 0.263 e. The van der Waals surface area contributed by atoms with Gasteiger partial charge in [0.25, 0.3) is 0 Å². The Morgan fingerprint density at radius 3 is 2.12 bits per heavy atom. The summed E-state index contributed by atoms with van der Waals surface area (Å²) >= 11 is 0. The Morgan fingerprint density at radius 2 is 1.64 bits per heavy atom. The summed E-state index contributed by atoms with van der Waals surface area (Å²) in [7, 11) is 0. The number of hydrogen-bond acceptors (Lipinski definition) is 4. The van der Waals surface area contributed by atoms with E-state index in [-0.39, 0.29) is 12.6 Å². The van der Waals surface area contributed by atoms with Gasteiger partial charge in [-0.1, -0.05) is 12.1 Å². The SMILES string of the molecule is Cc1cc(C)n(-c2ccc(CN3C(=O)C(=O)N(C(C)C)C3=O)cc2)n1. The van der Waals surface area contributed by atoms with Gasteiger partial charge >= 0.3 is 17.8 Å². The first-order chi connectivity index (χ1) is 11.8. The Morgan fingerprint density at radius 1 is 1.00 bits per heavy atom. The first kappa shape index (κ1) is 16.9. The molecular weight excluding hydrogens is 320 g/mol. The van der Waals surface area contributed by atoms with E-state index >= 15 is 0 Å². The molecule has 0 radical (unpaired) electrons. The Hall–Kier alpha value is -2.96. The molecule has 2 aromatic rings. The number of hydrogen-bond donors (Lipinski definition) is 0. The van der Waals surface area contributed by atoms with E-state index in [9.17, 15) is 14.4 Å². The minimum absolute atomic E-state index is 0.0734. The van der Waals surface area contributed by atoms with Gasteiger partial charge in [0, 0.05) is 11.7 Å². The van der Waals surface area contributed by atoms with Crippen molar-refractivity contribution in [3.8, 4) is 5.69 Å². The largest absolute Gasteiger partial charge is 0.334 e. The predicted molar refractivity (Wildman–Crippen MR) is 91.0 cm³/mol. The van der Waals surface area contributed by atoms with E-state index in [1.54, 1.807) is 13.8 Å². The van der Waals surface area contributed by atoms with E-state index in [4.69, 9.17) is 0 Å². The lowest BCUT2D eigenvalue weighted by molar-refractivity contribution is -0.144. The molecule has 7 heteroatoms. The molecule has 0 bridgehead atoms. The Kier molecular flexibility index (Phi) is 4.16. The first-order valence-electron chi connectivity index (χ1n) is 8.11. The van der Waals surface area contributed by atoms with Crippen LogP contribution in [0.1, 0.15) is 30.8 Å². The molecule has 130 valence electrons. The summed E-state index contributed by atoms with van der Waals surface area (Å²) in [6.07, 6.45) is 0. The van der Waals surface area contributed by atoms with Crippen LogP contribution in [-0.2, 0) is 16.1 Å². The highest BCUT2D eigenvalue weighted by Crippen LogP contribution is 2.19. The normalized spacial score (nSPS) is 15.0. The van der Waals surface area contributed by atoms with Crippen LogP contribution in [0, 0.1) is 13.8 Å². The molecule has 1 aromatic carbocycles. The fourth-order valence-corrected chi connectivity index (χ4v) is 2.93. The van der Waals surface area contributed by atoms with Gasteiger partial charge in [-0.25, -0.2) is 9.48 Å². The lowest BCUT2D eigenvalue weighted by atomic mass is 10.2. The van der Waals surface area contributed by atoms with E-state index < -0.39 is 17.8 Å². The number of amides is 4. The molecule has 1 aliphatic heterocycles. The summed E-state index contributed by atoms with van der Waals surface area (Å²) < 4.78 is 1.83. The molecule has 1 aliphatic rings. The first-order valence-corrected chi connectivity index (χ1v) is 8.11. The van der Waals surface area contributed by atoms with E-state index in [1.165, 1.54) is 0 Å². The van der Waals surface area contributed by atoms with Crippen molar-refractivity contribution < 1.29 is 14.4 Å². The molecular formula is C18H20N4O3. The van der Waals surface area contributed by atoms with Crippen molar-refractivity contribution in [1.29, 1.82) is 0 Å². The Bertz CT molecular complexity index is 852. The van der Waals surface area contributed by atoms with Crippen molar-refractivity contribution in [2.75, 3.05) is 0 Å². The van der Waals surface area contributed by atoms with Gasteiger partial charge in [-0.15, -0.1) is 0 Å². The number of urea groups is 1. The van der Waals surface area contributed by atoms with Crippen molar-refractivity contribution in [1.82, 2.24) is 19.6 Å². The topological polar surface area (TPSA) is 75.5 Å². The van der Waals surface area contributed by atoms with Crippen LogP contribution in [0.15, 0.2) is 30.3 Å². The molecule has 0 spiro atoms. The Labute approximate surface area is 145 Å². The van der Waals surface area contributed by atoms with Gasteiger partial charge in [0.05, 0.1) is 17.9 Å². The summed E-state index contributed by atoms with van der Waals surface area (Å²) in [4.78, 5) is 38.3. The minimum Gasteiger partial charge on any atom is -0.263 e. The number of rotatable bonds is 4. The third-order valence-electron chi connectivity index (χ3n) is 4.13. The maximum atomic E-state index is 12.3. The minimum atomic E-state index is -0.777. The maximum Gasteiger partial charge on any atom is 0.334 e. The van der Waals surface area contributed by atoms with Crippen LogP contribution < -0.4 is 0 Å². The molecule has 0 N–H and O–H groups in total. The summed E-state index contributed by atoms with van der Waals surface area (Å²) in [5.74, 6) is -1.54. The van der Waals surface area contributed by atoms with Gasteiger partial charge in [-0.2, -0.15) is 5.10 Å². The van der Waals surface area contributed by atoms with E-state index in [0.717, 1.165) is 32.4 Å². The van der Waals surface area contributed by atoms with E-state index in [1.807, 2.05) is 48.9 Å². The predicted octanol–water partition coefficient (Wildman–Crippen LogP) is 2.19. The highest BCUT2D eigenvalue weighted by atomic mass is 16.2. The van der Waals surface area contributed by atoms with Gasteiger partial charge in [0.15, 0.2) is 0 Å². The number of aromatic nitrogens is 2. The third kappa shape index (κ3) is 2.93. The Balaban J connectivity index is 1.80. The highest BCUT2D eigenvalue weighted by Gasteiger charge is 2.45. The zero-order valence-electron chi connectivity index (χ0n) is 14.7. The number of aryl methyl sites for hydroxylation is 2. The summed E-state index contributed by atoms with van der Waals surface area (Å²) in [5, 5.41) is 4.42. The monoisotopic (exact) mass is 340 g/mol. The van der Waals surface area contributed by atoms with Crippen molar-refractivity contribution in [3.05, 3.63) is 47.3 Å². The van der Waals surface area contributed by atoms with Gasteiger partial charge in [-0.3, -0.25) is 19.4 Å². The number of carbonyl (C=O) groups is 3. The van der Waals surface area contributed by atoms with Crippen LogP contribution in [0.2, 0.25) is 0 Å². The quantitative estimate of drug-likeness (QED) is 0.631. The average Bonchev–Trinajstić information content (AvgIpc) is 2.99. The standard InChI is InChI=1S/C18H20N4O3/c1-11(2)21-17(24)16(23)20(18(21)25)10-14-5-7-15(8-6-14)22-13(4)9-12(3)19-22/h5-9,11H,10H2,1-4H3. The van der Waals surface area contributed by atoms with Gasteiger partial charge in [0.1, 0.15) is 0 Å². The van der Waals surface area contributed by atoms with Crippen LogP contribution in [0.3, 0.4) is 0 Å². The number of imide groups is 2. The molecule has 0 atom stereocenters. The fourth-order valence-electron chi connectivity index (χ4n) is 2.93. The lowest BCUT2D eigenvalue weighted by Gasteiger charge is -2.18. The van der Waals surface area contributed by atoms with Crippen molar-refractivity contribution in [2.24, 2.45) is 0 Å². The average molecular weight is 340 g/mol. The molecule has 0 unspecified atom stereocenters. The van der Waals surface area contributed by atoms with Crippen LogP contribution in [-0.4, -0.2) is 43.5 Å². The maximum absolute atomic E-state index is 12.3. The van der Waals surface area contributed by atoms with Crippen LogP contribution in [0.5, 0.6) is 0 Å². The number of benzene rings is 1. The second-order valence-corrected chi connectivity index (χ2v) is 6.45. The van der Waals surface area contributed by atoms with Crippen molar-refractivity contribution in [2.45, 2.75) is 40.3 Å². The number of nitrogens with zero attached hydrogens (tertiary/aromatic N) is 4. The molecule has 3 rings (SSSR count). The fraction of sp³-hybridized carbons (Fsp3) is 0.333. The van der Waals surface area contributed by atoms with E-state index in [0.29, 0.717) is 0 Å². The van der Waals surface area contributed by atoms with Crippen LogP contribution in [0.25, 0.3) is 5.69 Å². The second kappa shape index (κ2) is 6.16. The molecule has 25 heavy (non-hydrogen) atoms. The molecule has 1 aromatic heterocycles. The van der Waals surface area contributed by atoms with Crippen LogP contribution >= 0.6 is 0 Å². The molecule has 2 heterocycles. The summed E-state index contributed by atoms with van der Waals surface area (Å²) in [6.45, 7) is 7.39. The molecule has 4 amide bonds. The van der Waals surface area contributed by atoms with Crippen LogP contribution in [0.4, 0.5) is 4.79 Å². The van der Waals surface area contributed by atoms with E-state index in [2.05, 4.69) is 5.10 Å². The van der Waals surface area contributed by atoms with Gasteiger partial charge in [-0.05, 0) is 51.5 Å². The molecule has 0 aliphatic carbocycles. The molecule has 1 saturated heterocycles. The third-order valence-corrected chi connectivity index (χ3v) is 4.13. The van der Waals surface area contributed by atoms with Crippen molar-refractivity contribution in [3.63, 3.8) is 0 Å². The molecule has 7 nitrogen and oxygen atoms in total. The molecule has 1 fully saturated rings. The second-order valence-electron chi connectivity index (χ2n) is 6.45. The highest BCUT2D eigenvalue weighted by molar-refractivity contribution is 6.44. The zero-order valence-corrected chi connectivity index (χ0v) is 14.7. The van der Waals surface area contributed by atoms with Crippen molar-refractivity contribution >= 4 is 17.8 Å². The summed E-state index contributed by atoms with van der Waals surface area (Å²) in [5.41, 5.74) is 3.62. The lowest BCUT2D eigenvalue weighted by Crippen LogP contribution is -2.37. The number of carbonyl (C=O) groups excluding carboxylic acids is 3. The van der Waals surface area contributed by atoms with Gasteiger partial charge in [0.2, 0.25) is 0 Å².